The molecule has 0 aliphatic rings. The van der Waals surface area contributed by atoms with Crippen molar-refractivity contribution in [2.45, 2.75) is 18.1 Å². The zero-order chi connectivity index (χ0) is 15.6. The summed E-state index contributed by atoms with van der Waals surface area (Å²) in [5.74, 6) is -7.43. The van der Waals surface area contributed by atoms with E-state index in [0.717, 1.165) is 12.1 Å². The first kappa shape index (κ1) is 16.4. The van der Waals surface area contributed by atoms with E-state index < -0.39 is 34.0 Å². The molecule has 20 heavy (non-hydrogen) atoms. The van der Waals surface area contributed by atoms with E-state index in [1.54, 1.807) is 5.32 Å². The molecule has 0 aromatic heterocycles. The molecule has 1 rings (SSSR count). The van der Waals surface area contributed by atoms with E-state index in [-0.39, 0.29) is 11.3 Å². The molecule has 0 spiro atoms. The Kier molecular flexibility index (Phi) is 4.71. The highest BCUT2D eigenvalue weighted by Gasteiger charge is 2.48. The number of sulfonamides is 1. The number of nitrogens with two attached hydrogens (primary N) is 1. The monoisotopic (exact) mass is 314 g/mol. The van der Waals surface area contributed by atoms with Gasteiger partial charge < -0.3 is 5.32 Å². The summed E-state index contributed by atoms with van der Waals surface area (Å²) in [6.07, 6.45) is -4.12. The molecule has 5 nitrogen and oxygen atoms in total. The maximum atomic E-state index is 12.7. The van der Waals surface area contributed by atoms with Crippen LogP contribution in [0.1, 0.15) is 5.56 Å². The minimum Gasteiger partial charge on any atom is -0.321 e. The van der Waals surface area contributed by atoms with Crippen molar-refractivity contribution in [1.29, 1.82) is 0 Å². The summed E-state index contributed by atoms with van der Waals surface area (Å²) in [4.78, 5) is 10.9. The molecule has 1 amide bonds. The predicted octanol–water partition coefficient (Wildman–Crippen LogP) is 1.31. The number of rotatable bonds is 5. The van der Waals surface area contributed by atoms with Gasteiger partial charge in [0.2, 0.25) is 10.0 Å². The second-order valence-corrected chi connectivity index (χ2v) is 5.50. The molecule has 0 bridgehead atoms. The van der Waals surface area contributed by atoms with E-state index in [4.69, 9.17) is 5.14 Å². The number of benzene rings is 1. The van der Waals surface area contributed by atoms with Crippen molar-refractivity contribution in [2.24, 2.45) is 5.14 Å². The number of primary sulfonamides is 1. The molecule has 0 fully saturated rings. The summed E-state index contributed by atoms with van der Waals surface area (Å²) in [7, 11) is -3.75. The number of hydrogen-bond donors (Lipinski definition) is 2. The van der Waals surface area contributed by atoms with Crippen molar-refractivity contribution in [3.05, 3.63) is 29.8 Å². The fourth-order valence-electron chi connectivity index (χ4n) is 1.23. The van der Waals surface area contributed by atoms with E-state index >= 15 is 0 Å². The highest BCUT2D eigenvalue weighted by Crippen LogP contribution is 2.24. The molecule has 0 saturated heterocycles. The van der Waals surface area contributed by atoms with Crippen LogP contribution < -0.4 is 10.5 Å². The van der Waals surface area contributed by atoms with Gasteiger partial charge in [0.05, 0.1) is 5.75 Å². The topological polar surface area (TPSA) is 89.3 Å². The van der Waals surface area contributed by atoms with Crippen LogP contribution in [0.25, 0.3) is 0 Å². The summed E-state index contributed by atoms with van der Waals surface area (Å²) < 4.78 is 70.8. The van der Waals surface area contributed by atoms with E-state index in [1.165, 1.54) is 12.1 Å². The number of halogens is 4. The Morgan fingerprint density at radius 1 is 1.25 bits per heavy atom. The zero-order valence-electron chi connectivity index (χ0n) is 9.82. The molecular weight excluding hydrogens is 304 g/mol. The fraction of sp³-hybridized carbons (Fsp3) is 0.300. The molecule has 0 heterocycles. The molecule has 1 aromatic rings. The Hall–Kier alpha value is -1.68. The van der Waals surface area contributed by atoms with Crippen molar-refractivity contribution >= 4 is 21.6 Å². The van der Waals surface area contributed by atoms with Gasteiger partial charge in [0, 0.05) is 5.69 Å². The quantitative estimate of drug-likeness (QED) is 0.803. The third kappa shape index (κ3) is 4.46. The van der Waals surface area contributed by atoms with Crippen molar-refractivity contribution in [1.82, 2.24) is 0 Å². The van der Waals surface area contributed by atoms with Gasteiger partial charge in [0.25, 0.3) is 0 Å². The summed E-state index contributed by atoms with van der Waals surface area (Å²) in [6, 6.07) is 4.61. The molecular formula is C10H10F4N2O3S. The molecule has 0 aliphatic heterocycles. The zero-order valence-corrected chi connectivity index (χ0v) is 10.6. The van der Waals surface area contributed by atoms with E-state index in [2.05, 4.69) is 0 Å². The van der Waals surface area contributed by atoms with Crippen molar-refractivity contribution in [3.8, 4) is 0 Å². The molecule has 0 unspecified atom stereocenters. The Bertz CT molecular complexity index is 587. The standard InChI is InChI=1S/C10H10F4N2O3S/c11-8(12)10(13,14)9(17)16-7-3-1-6(2-4-7)5-20(15,18)19/h1-4,8H,5H2,(H,16,17)(H2,15,18,19). The van der Waals surface area contributed by atoms with Gasteiger partial charge in [0.15, 0.2) is 0 Å². The van der Waals surface area contributed by atoms with Crippen LogP contribution in [-0.2, 0) is 20.6 Å². The van der Waals surface area contributed by atoms with Crippen LogP contribution in [0.3, 0.4) is 0 Å². The normalized spacial score (nSPS) is 12.5. The number of amides is 1. The van der Waals surface area contributed by atoms with E-state index in [9.17, 15) is 30.8 Å². The molecule has 3 N–H and O–H groups in total. The lowest BCUT2D eigenvalue weighted by molar-refractivity contribution is -0.163. The third-order valence-electron chi connectivity index (χ3n) is 2.16. The van der Waals surface area contributed by atoms with Gasteiger partial charge in [-0.25, -0.2) is 22.3 Å². The van der Waals surface area contributed by atoms with Crippen LogP contribution in [0.4, 0.5) is 23.2 Å². The molecule has 10 heteroatoms. The molecule has 0 saturated carbocycles. The average Bonchev–Trinajstić information content (AvgIpc) is 2.29. The van der Waals surface area contributed by atoms with Crippen LogP contribution in [0.2, 0.25) is 0 Å². The van der Waals surface area contributed by atoms with Crippen LogP contribution >= 0.6 is 0 Å². The van der Waals surface area contributed by atoms with Crippen molar-refractivity contribution < 1.29 is 30.8 Å². The Morgan fingerprint density at radius 2 is 1.75 bits per heavy atom. The lowest BCUT2D eigenvalue weighted by atomic mass is 10.2. The largest absolute Gasteiger partial charge is 0.383 e. The Balaban J connectivity index is 2.78. The second-order valence-electron chi connectivity index (χ2n) is 3.88. The average molecular weight is 314 g/mol. The maximum Gasteiger partial charge on any atom is 0.383 e. The lowest BCUT2D eigenvalue weighted by Crippen LogP contribution is -2.40. The van der Waals surface area contributed by atoms with Gasteiger partial charge >= 0.3 is 18.3 Å². The first-order chi connectivity index (χ1) is 9.02. The Morgan fingerprint density at radius 3 is 2.15 bits per heavy atom. The lowest BCUT2D eigenvalue weighted by Gasteiger charge is -2.14. The van der Waals surface area contributed by atoms with Crippen LogP contribution in [-0.4, -0.2) is 26.7 Å². The van der Waals surface area contributed by atoms with Gasteiger partial charge in [-0.3, -0.25) is 4.79 Å². The van der Waals surface area contributed by atoms with Gasteiger partial charge in [-0.1, -0.05) is 12.1 Å². The molecule has 0 atom stereocenters. The first-order valence-electron chi connectivity index (χ1n) is 5.09. The first-order valence-corrected chi connectivity index (χ1v) is 6.81. The number of nitrogens with one attached hydrogen (secondary N) is 1. The number of anilines is 1. The van der Waals surface area contributed by atoms with Crippen LogP contribution in [0, 0.1) is 0 Å². The summed E-state index contributed by atoms with van der Waals surface area (Å²) >= 11 is 0. The maximum absolute atomic E-state index is 12.7. The molecule has 112 valence electrons. The van der Waals surface area contributed by atoms with Crippen molar-refractivity contribution in [2.75, 3.05) is 5.32 Å². The highest BCUT2D eigenvalue weighted by atomic mass is 32.2. The molecule has 1 aromatic carbocycles. The van der Waals surface area contributed by atoms with Crippen LogP contribution in [0.5, 0.6) is 0 Å². The number of hydrogen-bond acceptors (Lipinski definition) is 3. The summed E-state index contributed by atoms with van der Waals surface area (Å²) in [6.45, 7) is 0. The van der Waals surface area contributed by atoms with E-state index in [1.807, 2.05) is 0 Å². The van der Waals surface area contributed by atoms with Crippen LogP contribution in [0.15, 0.2) is 24.3 Å². The summed E-state index contributed by atoms with van der Waals surface area (Å²) in [5.41, 5.74) is 0.0830. The molecule has 0 aliphatic carbocycles. The predicted molar refractivity (Wildman–Crippen MR) is 62.8 cm³/mol. The molecule has 0 radical (unpaired) electrons. The number of alkyl halides is 4. The van der Waals surface area contributed by atoms with Gasteiger partial charge in [-0.15, -0.1) is 0 Å². The van der Waals surface area contributed by atoms with Gasteiger partial charge in [-0.05, 0) is 17.7 Å². The highest BCUT2D eigenvalue weighted by molar-refractivity contribution is 7.88. The smallest absolute Gasteiger partial charge is 0.321 e. The SMILES string of the molecule is NS(=O)(=O)Cc1ccc(NC(=O)C(F)(F)C(F)F)cc1. The second kappa shape index (κ2) is 5.75. The van der Waals surface area contributed by atoms with Gasteiger partial charge in [-0.2, -0.15) is 8.78 Å². The van der Waals surface area contributed by atoms with Crippen molar-refractivity contribution in [3.63, 3.8) is 0 Å². The number of carbonyl (C=O) groups is 1. The number of carbonyl (C=O) groups excluding carboxylic acids is 1. The van der Waals surface area contributed by atoms with Gasteiger partial charge in [0.1, 0.15) is 0 Å². The fourth-order valence-corrected chi connectivity index (χ4v) is 1.89. The minimum atomic E-state index is -4.81. The van der Waals surface area contributed by atoms with E-state index in [0.29, 0.717) is 0 Å². The minimum absolute atomic E-state index is 0.173. The summed E-state index contributed by atoms with van der Waals surface area (Å²) in [5, 5.41) is 6.40. The third-order valence-corrected chi connectivity index (χ3v) is 2.89. The Labute approximate surface area is 111 Å².